The minimum Gasteiger partial charge on any atom is -0.307 e. The second kappa shape index (κ2) is 8.52. The Morgan fingerprint density at radius 1 is 1.15 bits per heavy atom. The van der Waals surface area contributed by atoms with Gasteiger partial charge in [-0.3, -0.25) is 4.79 Å². The van der Waals surface area contributed by atoms with Crippen LogP contribution < -0.4 is 5.32 Å². The van der Waals surface area contributed by atoms with Crippen LogP contribution in [0.2, 0.25) is 0 Å². The number of rotatable bonds is 5. The second-order valence-corrected chi connectivity index (χ2v) is 13.9. The second-order valence-electron chi connectivity index (χ2n) is 9.76. The van der Waals surface area contributed by atoms with Crippen molar-refractivity contribution in [2.24, 2.45) is 0 Å². The first-order chi connectivity index (χ1) is 15.4. The molecule has 9 nitrogen and oxygen atoms in total. The minimum absolute atomic E-state index is 0.0231. The Hall–Kier alpha value is -2.24. The highest BCUT2D eigenvalue weighted by Gasteiger charge is 2.33. The number of benzene rings is 1. The molecule has 1 aromatic heterocycles. The van der Waals surface area contributed by atoms with Crippen molar-refractivity contribution in [3.05, 3.63) is 41.6 Å². The molecule has 1 N–H and O–H groups in total. The summed E-state index contributed by atoms with van der Waals surface area (Å²) in [5.41, 5.74) is 0.637. The number of carbonyl (C=O) groups excluding carboxylic acids is 1. The minimum atomic E-state index is -3.65. The molecule has 180 valence electrons. The summed E-state index contributed by atoms with van der Waals surface area (Å²) in [7, 11) is -6.79. The Morgan fingerprint density at radius 2 is 1.85 bits per heavy atom. The van der Waals surface area contributed by atoms with E-state index in [-0.39, 0.29) is 33.4 Å². The monoisotopic (exact) mass is 494 g/mol. The highest BCUT2D eigenvalue weighted by Crippen LogP contribution is 2.31. The first-order valence-corrected chi connectivity index (χ1v) is 14.3. The highest BCUT2D eigenvalue weighted by molar-refractivity contribution is 7.91. The van der Waals surface area contributed by atoms with E-state index in [1.54, 1.807) is 22.9 Å². The molecule has 33 heavy (non-hydrogen) atoms. The molecular formula is C22H30N4O5S2. The molecule has 2 aromatic rings. The van der Waals surface area contributed by atoms with E-state index < -0.39 is 25.8 Å². The van der Waals surface area contributed by atoms with Gasteiger partial charge < -0.3 is 5.32 Å². The van der Waals surface area contributed by atoms with E-state index >= 15 is 0 Å². The van der Waals surface area contributed by atoms with E-state index in [0.717, 1.165) is 18.5 Å². The highest BCUT2D eigenvalue weighted by atomic mass is 32.2. The standard InChI is InChI=1S/C22H30N4O5S2/c1-22(2,3)19-14-20(26(24-19)17-9-12-32(28,29)15-17)23-21(27)16-7-6-8-18(13-16)33(30,31)25-10-4-5-11-25/h6-8,13-14,17H,4-5,9-12,15H2,1-3H3,(H,23,27)/t17-/m1/s1. The van der Waals surface area contributed by atoms with Gasteiger partial charge in [0.2, 0.25) is 10.0 Å². The smallest absolute Gasteiger partial charge is 0.256 e. The lowest BCUT2D eigenvalue weighted by Crippen LogP contribution is -2.28. The quantitative estimate of drug-likeness (QED) is 0.683. The van der Waals surface area contributed by atoms with Crippen LogP contribution in [0.15, 0.2) is 35.2 Å². The molecule has 0 radical (unpaired) electrons. The van der Waals surface area contributed by atoms with E-state index in [1.807, 2.05) is 20.8 Å². The van der Waals surface area contributed by atoms with Crippen molar-refractivity contribution in [1.82, 2.24) is 14.1 Å². The molecule has 0 aliphatic carbocycles. The van der Waals surface area contributed by atoms with E-state index in [2.05, 4.69) is 10.4 Å². The maximum absolute atomic E-state index is 13.1. The predicted octanol–water partition coefficient (Wildman–Crippen LogP) is 2.58. The molecule has 4 rings (SSSR count). The molecule has 0 saturated carbocycles. The third kappa shape index (κ3) is 4.99. The van der Waals surface area contributed by atoms with Gasteiger partial charge >= 0.3 is 0 Å². The van der Waals surface area contributed by atoms with Crippen LogP contribution in [0.4, 0.5) is 5.82 Å². The van der Waals surface area contributed by atoms with Gasteiger partial charge in [0, 0.05) is 30.1 Å². The van der Waals surface area contributed by atoms with Crippen LogP contribution in [0.1, 0.15) is 62.1 Å². The number of nitrogens with one attached hydrogen (secondary N) is 1. The Morgan fingerprint density at radius 3 is 2.45 bits per heavy atom. The first-order valence-electron chi connectivity index (χ1n) is 11.1. The Labute approximate surface area is 195 Å². The maximum Gasteiger partial charge on any atom is 0.256 e. The number of carbonyl (C=O) groups is 1. The summed E-state index contributed by atoms with van der Waals surface area (Å²) in [6, 6.07) is 7.39. The van der Waals surface area contributed by atoms with Crippen molar-refractivity contribution in [1.29, 1.82) is 0 Å². The summed E-state index contributed by atoms with van der Waals surface area (Å²) >= 11 is 0. The van der Waals surface area contributed by atoms with Crippen molar-refractivity contribution in [3.8, 4) is 0 Å². The van der Waals surface area contributed by atoms with Crippen LogP contribution in [0.5, 0.6) is 0 Å². The third-order valence-corrected chi connectivity index (χ3v) is 9.74. The lowest BCUT2D eigenvalue weighted by atomic mass is 9.92. The number of anilines is 1. The van der Waals surface area contributed by atoms with Gasteiger partial charge in [0.15, 0.2) is 9.84 Å². The first kappa shape index (κ1) is 23.9. The van der Waals surface area contributed by atoms with E-state index in [4.69, 9.17) is 0 Å². The number of amides is 1. The molecule has 2 aliphatic rings. The van der Waals surface area contributed by atoms with Gasteiger partial charge in [0.1, 0.15) is 5.82 Å². The molecule has 2 saturated heterocycles. The summed E-state index contributed by atoms with van der Waals surface area (Å²) in [6.45, 7) is 6.94. The molecule has 0 unspecified atom stereocenters. The van der Waals surface area contributed by atoms with Crippen LogP contribution in [0, 0.1) is 0 Å². The number of aromatic nitrogens is 2. The largest absolute Gasteiger partial charge is 0.307 e. The summed E-state index contributed by atoms with van der Waals surface area (Å²) < 4.78 is 52.9. The Kier molecular flexibility index (Phi) is 6.17. The molecule has 2 aliphatic heterocycles. The fraction of sp³-hybridized carbons (Fsp3) is 0.545. The molecular weight excluding hydrogens is 464 g/mol. The summed E-state index contributed by atoms with van der Waals surface area (Å²) in [4.78, 5) is 13.2. The molecule has 1 atom stereocenters. The van der Waals surface area contributed by atoms with Crippen LogP contribution in [-0.2, 0) is 25.3 Å². The lowest BCUT2D eigenvalue weighted by Gasteiger charge is -2.16. The van der Waals surface area contributed by atoms with Crippen molar-refractivity contribution >= 4 is 31.6 Å². The number of hydrogen-bond donors (Lipinski definition) is 1. The molecule has 0 spiro atoms. The zero-order chi connectivity index (χ0) is 24.0. The average molecular weight is 495 g/mol. The Bertz CT molecular complexity index is 1270. The normalized spacial score (nSPS) is 21.4. The molecule has 1 amide bonds. The number of nitrogens with zero attached hydrogens (tertiary/aromatic N) is 3. The molecule has 2 fully saturated rings. The summed E-state index contributed by atoms with van der Waals surface area (Å²) in [5, 5.41) is 7.45. The predicted molar refractivity (Wildman–Crippen MR) is 126 cm³/mol. The zero-order valence-electron chi connectivity index (χ0n) is 19.1. The zero-order valence-corrected chi connectivity index (χ0v) is 20.7. The fourth-order valence-electron chi connectivity index (χ4n) is 4.16. The fourth-order valence-corrected chi connectivity index (χ4v) is 7.42. The van der Waals surface area contributed by atoms with E-state index in [9.17, 15) is 21.6 Å². The topological polar surface area (TPSA) is 118 Å². The molecule has 3 heterocycles. The summed E-state index contributed by atoms with van der Waals surface area (Å²) in [6.07, 6.45) is 2.09. The third-order valence-electron chi connectivity index (χ3n) is 6.10. The van der Waals surface area contributed by atoms with Crippen LogP contribution in [0.25, 0.3) is 0 Å². The van der Waals surface area contributed by atoms with Gasteiger partial charge in [0.25, 0.3) is 5.91 Å². The van der Waals surface area contributed by atoms with Crippen LogP contribution in [-0.4, -0.2) is 61.4 Å². The molecule has 11 heteroatoms. The van der Waals surface area contributed by atoms with Gasteiger partial charge in [-0.2, -0.15) is 9.40 Å². The van der Waals surface area contributed by atoms with Crippen molar-refractivity contribution in [2.75, 3.05) is 29.9 Å². The number of hydrogen-bond acceptors (Lipinski definition) is 6. The Balaban J connectivity index is 1.63. The summed E-state index contributed by atoms with van der Waals surface area (Å²) in [5.74, 6) is -0.00703. The van der Waals surface area contributed by atoms with Crippen molar-refractivity contribution < 1.29 is 21.6 Å². The average Bonchev–Trinajstić information content (AvgIpc) is 3.47. The van der Waals surface area contributed by atoms with Gasteiger partial charge in [-0.1, -0.05) is 26.8 Å². The van der Waals surface area contributed by atoms with Crippen LogP contribution >= 0.6 is 0 Å². The van der Waals surface area contributed by atoms with Crippen molar-refractivity contribution in [2.45, 2.75) is 56.4 Å². The van der Waals surface area contributed by atoms with Gasteiger partial charge in [-0.05, 0) is 37.5 Å². The van der Waals surface area contributed by atoms with Gasteiger partial charge in [-0.25, -0.2) is 21.5 Å². The van der Waals surface area contributed by atoms with E-state index in [1.165, 1.54) is 16.4 Å². The molecule has 1 aromatic carbocycles. The SMILES string of the molecule is CC(C)(C)c1cc(NC(=O)c2cccc(S(=O)(=O)N3CCCC3)c2)n([C@@H]2CCS(=O)(=O)C2)n1. The molecule has 0 bridgehead atoms. The number of sulfonamides is 1. The lowest BCUT2D eigenvalue weighted by molar-refractivity contribution is 0.102. The van der Waals surface area contributed by atoms with Gasteiger partial charge in [-0.15, -0.1) is 0 Å². The number of sulfone groups is 1. The maximum atomic E-state index is 13.1. The van der Waals surface area contributed by atoms with E-state index in [0.29, 0.717) is 25.3 Å². The van der Waals surface area contributed by atoms with Crippen molar-refractivity contribution in [3.63, 3.8) is 0 Å². The van der Waals surface area contributed by atoms with Crippen LogP contribution in [0.3, 0.4) is 0 Å². The van der Waals surface area contributed by atoms with Gasteiger partial charge in [0.05, 0.1) is 28.1 Å².